The van der Waals surface area contributed by atoms with Gasteiger partial charge in [0.15, 0.2) is 5.78 Å². The summed E-state index contributed by atoms with van der Waals surface area (Å²) in [6.45, 7) is 0. The Morgan fingerprint density at radius 3 is 3.06 bits per heavy atom. The van der Waals surface area contributed by atoms with Gasteiger partial charge in [-0.3, -0.25) is 4.79 Å². The van der Waals surface area contributed by atoms with Crippen LogP contribution in [0.5, 0.6) is 0 Å². The molecule has 1 aromatic carbocycles. The first-order chi connectivity index (χ1) is 8.75. The Labute approximate surface area is 110 Å². The molecule has 92 valence electrons. The van der Waals surface area contributed by atoms with E-state index in [2.05, 4.69) is 4.98 Å². The van der Waals surface area contributed by atoms with E-state index >= 15 is 0 Å². The first-order valence-corrected chi connectivity index (χ1v) is 6.43. The summed E-state index contributed by atoms with van der Waals surface area (Å²) in [5, 5.41) is 0.697. The van der Waals surface area contributed by atoms with E-state index in [4.69, 9.17) is 11.6 Å². The lowest BCUT2D eigenvalue weighted by molar-refractivity contribution is 0.0921. The minimum Gasteiger partial charge on any atom is -0.327 e. The summed E-state index contributed by atoms with van der Waals surface area (Å²) in [5.41, 5.74) is 1.87. The number of fused-ring (bicyclic) bond motifs is 1. The molecule has 0 saturated carbocycles. The number of imidazole rings is 1. The predicted molar refractivity (Wildman–Crippen MR) is 70.0 cm³/mol. The number of hydrogen-bond acceptors (Lipinski definition) is 2. The van der Waals surface area contributed by atoms with Crippen LogP contribution in [0, 0.1) is 0 Å². The molecule has 0 unspecified atom stereocenters. The van der Waals surface area contributed by atoms with E-state index in [1.807, 2.05) is 22.9 Å². The van der Waals surface area contributed by atoms with E-state index in [-0.39, 0.29) is 11.8 Å². The molecule has 0 bridgehead atoms. The van der Waals surface area contributed by atoms with Crippen LogP contribution >= 0.6 is 11.6 Å². The molecule has 3 rings (SSSR count). The zero-order valence-corrected chi connectivity index (χ0v) is 10.6. The molecule has 0 amide bonds. The fourth-order valence-corrected chi connectivity index (χ4v) is 2.74. The van der Waals surface area contributed by atoms with Crippen molar-refractivity contribution in [2.24, 2.45) is 0 Å². The summed E-state index contributed by atoms with van der Waals surface area (Å²) in [7, 11) is 0. The number of ketones is 1. The minimum absolute atomic E-state index is 0.130. The van der Waals surface area contributed by atoms with Gasteiger partial charge in [-0.25, -0.2) is 4.98 Å². The van der Waals surface area contributed by atoms with Gasteiger partial charge < -0.3 is 4.57 Å². The van der Waals surface area contributed by atoms with Gasteiger partial charge in [-0.1, -0.05) is 11.6 Å². The molecule has 1 aliphatic carbocycles. The van der Waals surface area contributed by atoms with Gasteiger partial charge in [0.1, 0.15) is 0 Å². The van der Waals surface area contributed by atoms with Crippen LogP contribution in [0.4, 0.5) is 0 Å². The Bertz CT molecular complexity index is 577. The lowest BCUT2D eigenvalue weighted by Crippen LogP contribution is -2.17. The van der Waals surface area contributed by atoms with Gasteiger partial charge in [0.25, 0.3) is 0 Å². The van der Waals surface area contributed by atoms with Crippen LogP contribution in [0.25, 0.3) is 0 Å². The van der Waals surface area contributed by atoms with Crippen molar-refractivity contribution >= 4 is 17.4 Å². The van der Waals surface area contributed by atoms with Gasteiger partial charge in [-0.15, -0.1) is 0 Å². The molecule has 0 N–H and O–H groups in total. The van der Waals surface area contributed by atoms with Crippen LogP contribution in [0.15, 0.2) is 36.9 Å². The van der Waals surface area contributed by atoms with Crippen molar-refractivity contribution in [1.29, 1.82) is 0 Å². The topological polar surface area (TPSA) is 34.9 Å². The van der Waals surface area contributed by atoms with E-state index in [0.29, 0.717) is 5.02 Å². The highest BCUT2D eigenvalue weighted by atomic mass is 35.5. The molecule has 0 fully saturated rings. The number of rotatable bonds is 1. The maximum atomic E-state index is 12.6. The second kappa shape index (κ2) is 4.58. The summed E-state index contributed by atoms with van der Waals surface area (Å²) in [6.07, 6.45) is 8.02. The van der Waals surface area contributed by atoms with Crippen LogP contribution in [0.3, 0.4) is 0 Å². The normalized spacial score (nSPS) is 19.4. The average Bonchev–Trinajstić information content (AvgIpc) is 2.83. The van der Waals surface area contributed by atoms with Crippen molar-refractivity contribution in [3.8, 4) is 0 Å². The SMILES string of the molecule is O=C1c2ccc(Cl)cc2CCC[C@@H]1n1ccnc1. The van der Waals surface area contributed by atoms with Gasteiger partial charge >= 0.3 is 0 Å². The number of halogens is 1. The average molecular weight is 261 g/mol. The number of carbonyl (C=O) groups is 1. The van der Waals surface area contributed by atoms with E-state index in [9.17, 15) is 4.79 Å². The molecular weight excluding hydrogens is 248 g/mol. The van der Waals surface area contributed by atoms with Crippen molar-refractivity contribution in [2.45, 2.75) is 25.3 Å². The number of aromatic nitrogens is 2. The molecule has 0 saturated heterocycles. The molecule has 1 aliphatic rings. The second-order valence-electron chi connectivity index (χ2n) is 4.58. The lowest BCUT2D eigenvalue weighted by Gasteiger charge is -2.14. The highest BCUT2D eigenvalue weighted by molar-refractivity contribution is 6.30. The molecule has 1 atom stereocenters. The Morgan fingerprint density at radius 2 is 2.28 bits per heavy atom. The van der Waals surface area contributed by atoms with Crippen LogP contribution in [0.2, 0.25) is 5.02 Å². The predicted octanol–water partition coefficient (Wildman–Crippen LogP) is 3.30. The summed E-state index contributed by atoms with van der Waals surface area (Å²) in [4.78, 5) is 16.6. The lowest BCUT2D eigenvalue weighted by atomic mass is 10.0. The Balaban J connectivity index is 2.03. The second-order valence-corrected chi connectivity index (χ2v) is 5.02. The molecule has 0 radical (unpaired) electrons. The van der Waals surface area contributed by atoms with Gasteiger partial charge in [-0.05, 0) is 43.0 Å². The zero-order chi connectivity index (χ0) is 12.5. The van der Waals surface area contributed by atoms with E-state index < -0.39 is 0 Å². The summed E-state index contributed by atoms with van der Waals surface area (Å²) < 4.78 is 1.89. The highest BCUT2D eigenvalue weighted by Crippen LogP contribution is 2.29. The summed E-state index contributed by atoms with van der Waals surface area (Å²) in [5.74, 6) is 0.164. The van der Waals surface area contributed by atoms with Gasteiger partial charge in [0, 0.05) is 23.0 Å². The monoisotopic (exact) mass is 260 g/mol. The largest absolute Gasteiger partial charge is 0.327 e. The van der Waals surface area contributed by atoms with Crippen molar-refractivity contribution in [3.63, 3.8) is 0 Å². The molecule has 2 aromatic rings. The van der Waals surface area contributed by atoms with E-state index in [1.165, 1.54) is 0 Å². The highest BCUT2D eigenvalue weighted by Gasteiger charge is 2.26. The van der Waals surface area contributed by atoms with E-state index in [0.717, 1.165) is 30.4 Å². The van der Waals surface area contributed by atoms with Crippen LogP contribution in [0.1, 0.15) is 34.8 Å². The molecule has 1 aromatic heterocycles. The first kappa shape index (κ1) is 11.5. The van der Waals surface area contributed by atoms with Crippen molar-refractivity contribution < 1.29 is 4.79 Å². The molecule has 0 aliphatic heterocycles. The third-order valence-electron chi connectivity index (χ3n) is 3.44. The fourth-order valence-electron chi connectivity index (χ4n) is 2.54. The Morgan fingerprint density at radius 1 is 1.39 bits per heavy atom. The number of hydrogen-bond donors (Lipinski definition) is 0. The third-order valence-corrected chi connectivity index (χ3v) is 3.68. The quantitative estimate of drug-likeness (QED) is 0.738. The number of carbonyl (C=O) groups excluding carboxylic acids is 1. The maximum Gasteiger partial charge on any atom is 0.185 e. The standard InChI is InChI=1S/C14H13ClN2O/c15-11-4-5-12-10(8-11)2-1-3-13(14(12)18)17-7-6-16-9-17/h4-9,13H,1-3H2/t13-/m0/s1. The van der Waals surface area contributed by atoms with Crippen LogP contribution in [-0.4, -0.2) is 15.3 Å². The maximum absolute atomic E-state index is 12.6. The first-order valence-electron chi connectivity index (χ1n) is 6.06. The van der Waals surface area contributed by atoms with Gasteiger partial charge in [0.05, 0.1) is 12.4 Å². The molecule has 1 heterocycles. The van der Waals surface area contributed by atoms with Gasteiger partial charge in [-0.2, -0.15) is 0 Å². The molecule has 0 spiro atoms. The number of aryl methyl sites for hydroxylation is 1. The Hall–Kier alpha value is -1.61. The summed E-state index contributed by atoms with van der Waals surface area (Å²) >= 11 is 5.99. The molecule has 4 heteroatoms. The fraction of sp³-hybridized carbons (Fsp3) is 0.286. The number of Topliss-reactive ketones (excluding diaryl/α,β-unsaturated/α-hetero) is 1. The number of nitrogens with zero attached hydrogens (tertiary/aromatic N) is 2. The third kappa shape index (κ3) is 1.95. The van der Waals surface area contributed by atoms with Crippen molar-refractivity contribution in [1.82, 2.24) is 9.55 Å². The molecule has 3 nitrogen and oxygen atoms in total. The smallest absolute Gasteiger partial charge is 0.185 e. The molecule has 18 heavy (non-hydrogen) atoms. The number of benzene rings is 1. The molecular formula is C14H13ClN2O. The minimum atomic E-state index is -0.130. The van der Waals surface area contributed by atoms with Crippen LogP contribution < -0.4 is 0 Å². The van der Waals surface area contributed by atoms with Crippen LogP contribution in [-0.2, 0) is 6.42 Å². The summed E-state index contributed by atoms with van der Waals surface area (Å²) in [6, 6.07) is 5.41. The van der Waals surface area contributed by atoms with E-state index in [1.54, 1.807) is 18.6 Å². The van der Waals surface area contributed by atoms with Crippen molar-refractivity contribution in [3.05, 3.63) is 53.1 Å². The zero-order valence-electron chi connectivity index (χ0n) is 9.84. The van der Waals surface area contributed by atoms with Crippen molar-refractivity contribution in [2.75, 3.05) is 0 Å². The Kier molecular flexibility index (Phi) is 2.92. The van der Waals surface area contributed by atoms with Gasteiger partial charge in [0.2, 0.25) is 0 Å².